The van der Waals surface area contributed by atoms with Crippen molar-refractivity contribution in [3.8, 4) is 0 Å². The highest BCUT2D eigenvalue weighted by molar-refractivity contribution is 8.13. The van der Waals surface area contributed by atoms with E-state index in [4.69, 9.17) is 16.4 Å². The second-order valence-electron chi connectivity index (χ2n) is 13.5. The van der Waals surface area contributed by atoms with E-state index in [1.807, 2.05) is 0 Å². The average molecular weight is 678 g/mol. The molecule has 7 nitrogen and oxygen atoms in total. The highest BCUT2D eigenvalue weighted by Gasteiger charge is 2.79. The number of carbonyl (C=O) groups is 2. The number of carbonyl (C=O) groups excluding carboxylic acids is 2. The van der Waals surface area contributed by atoms with Gasteiger partial charge in [0.15, 0.2) is 17.1 Å². The zero-order valence-corrected chi connectivity index (χ0v) is 26.0. The van der Waals surface area contributed by atoms with Crippen LogP contribution in [0, 0.1) is 28.6 Å². The number of ketones is 1. The van der Waals surface area contributed by atoms with Crippen molar-refractivity contribution < 1.29 is 51.7 Å². The molecule has 1 heterocycles. The molecule has 0 unspecified atom stereocenters. The molecule has 0 bridgehead atoms. The first-order valence-corrected chi connectivity index (χ1v) is 16.0. The summed E-state index contributed by atoms with van der Waals surface area (Å²) in [4.78, 5) is 32.7. The first kappa shape index (κ1) is 33.0. The molecule has 0 radical (unpaired) electrons. The Hall–Kier alpha value is -1.87. The highest BCUT2D eigenvalue weighted by Crippen LogP contribution is 2.73. The quantitative estimate of drug-likeness (QED) is 0.288. The summed E-state index contributed by atoms with van der Waals surface area (Å²) in [6.45, 7) is 3.34. The van der Waals surface area contributed by atoms with Gasteiger partial charge in [-0.15, -0.1) is 0 Å². The molecule has 246 valence electrons. The number of nitrogens with zero attached hydrogens (tertiary/aromatic N) is 1. The summed E-state index contributed by atoms with van der Waals surface area (Å²) in [7, 11) is 0. The number of alkyl halides is 4. The van der Waals surface area contributed by atoms with Crippen LogP contribution in [0.3, 0.4) is 0 Å². The van der Waals surface area contributed by atoms with Crippen LogP contribution in [0.15, 0.2) is 47.8 Å². The normalized spacial score (nSPS) is 39.8. The van der Waals surface area contributed by atoms with Crippen LogP contribution in [0.4, 0.5) is 22.0 Å². The molecular weight excluding hydrogens is 645 g/mol. The van der Waals surface area contributed by atoms with Gasteiger partial charge in [-0.3, -0.25) is 14.4 Å². The Morgan fingerprint density at radius 2 is 1.84 bits per heavy atom. The standard InChI is InChI=1S/C31H33ClF5NO6S/c1-26-8-7-19(39)10-22(26)23(33)11-21-20-9-17-14-38(13-16-3-5-18(32)6-4-16)44-30(17,27(20,2)12-24(40)29(21,26)34)25(41)45-15-28(42,43)31(35,36)37/h3-8,17,20-21,24,40,42-43H,9-15H2,1-2H3/t17-,20-,21-,24-,26-,27-,29-,30-/m0/s1. The Labute approximate surface area is 265 Å². The summed E-state index contributed by atoms with van der Waals surface area (Å²) in [6.07, 6.45) is -5.67. The Kier molecular flexibility index (Phi) is 7.76. The van der Waals surface area contributed by atoms with Crippen molar-refractivity contribution in [3.63, 3.8) is 0 Å². The SMILES string of the molecule is C[C@]12C=CC(=O)CC1=C(F)C[C@H]1[C@@H]3C[C@H]4CN(Cc5ccc(Cl)cc5)O[C@@]4(C(=O)SCC(O)(O)C(F)(F)F)[C@@]3(C)C[C@H](O)[C@@]12F. The summed E-state index contributed by atoms with van der Waals surface area (Å²) in [5.74, 6) is -9.28. The van der Waals surface area contributed by atoms with Gasteiger partial charge in [-0.2, -0.15) is 18.2 Å². The summed E-state index contributed by atoms with van der Waals surface area (Å²) >= 11 is 6.05. The molecular formula is C31H33ClF5NO6S. The van der Waals surface area contributed by atoms with Gasteiger partial charge in [0.05, 0.1) is 11.9 Å². The van der Waals surface area contributed by atoms with Crippen LogP contribution < -0.4 is 0 Å². The third kappa shape index (κ3) is 4.62. The van der Waals surface area contributed by atoms with E-state index in [2.05, 4.69) is 0 Å². The van der Waals surface area contributed by atoms with Crippen LogP contribution in [0.1, 0.15) is 45.1 Å². The molecule has 2 saturated carbocycles. The number of hydrogen-bond acceptors (Lipinski definition) is 8. The fourth-order valence-electron chi connectivity index (χ4n) is 8.88. The second kappa shape index (κ2) is 10.6. The van der Waals surface area contributed by atoms with Crippen LogP contribution in [-0.4, -0.2) is 72.9 Å². The minimum atomic E-state index is -5.44. The number of fused-ring (bicyclic) bond motifs is 7. The smallest absolute Gasteiger partial charge is 0.390 e. The zero-order valence-electron chi connectivity index (χ0n) is 24.4. The average Bonchev–Trinajstić information content (AvgIpc) is 3.43. The predicted octanol–water partition coefficient (Wildman–Crippen LogP) is 5.22. The van der Waals surface area contributed by atoms with Crippen molar-refractivity contribution >= 4 is 34.3 Å². The predicted molar refractivity (Wildman–Crippen MR) is 154 cm³/mol. The third-order valence-corrected chi connectivity index (χ3v) is 12.5. The number of aliphatic hydroxyl groups is 3. The maximum Gasteiger partial charge on any atom is 0.443 e. The van der Waals surface area contributed by atoms with Gasteiger partial charge in [-0.05, 0) is 55.0 Å². The number of benzene rings is 1. The molecule has 0 aromatic heterocycles. The molecule has 3 fully saturated rings. The Morgan fingerprint density at radius 1 is 1.18 bits per heavy atom. The zero-order chi connectivity index (χ0) is 33.0. The van der Waals surface area contributed by atoms with Crippen molar-refractivity contribution in [1.29, 1.82) is 0 Å². The van der Waals surface area contributed by atoms with Crippen molar-refractivity contribution in [1.82, 2.24) is 5.06 Å². The van der Waals surface area contributed by atoms with Gasteiger partial charge in [-0.25, -0.2) is 8.78 Å². The number of hydrogen-bond donors (Lipinski definition) is 3. The molecule has 6 rings (SSSR count). The van der Waals surface area contributed by atoms with E-state index in [-0.39, 0.29) is 55.5 Å². The van der Waals surface area contributed by atoms with Gasteiger partial charge < -0.3 is 15.3 Å². The van der Waals surface area contributed by atoms with Gasteiger partial charge in [-0.1, -0.05) is 48.5 Å². The third-order valence-electron chi connectivity index (χ3n) is 11.1. The molecule has 0 amide bonds. The molecule has 1 aromatic carbocycles. The van der Waals surface area contributed by atoms with Crippen molar-refractivity contribution in [3.05, 3.63) is 58.4 Å². The molecule has 1 aromatic rings. The van der Waals surface area contributed by atoms with Gasteiger partial charge in [0.2, 0.25) is 5.12 Å². The lowest BCUT2D eigenvalue weighted by atomic mass is 9.45. The van der Waals surface area contributed by atoms with Crippen LogP contribution in [-0.2, 0) is 21.0 Å². The van der Waals surface area contributed by atoms with Gasteiger partial charge >= 0.3 is 6.18 Å². The van der Waals surface area contributed by atoms with Crippen LogP contribution in [0.25, 0.3) is 0 Å². The topological polar surface area (TPSA) is 107 Å². The molecule has 0 spiro atoms. The molecule has 4 aliphatic carbocycles. The van der Waals surface area contributed by atoms with Gasteiger partial charge in [0.1, 0.15) is 5.83 Å². The minimum absolute atomic E-state index is 0.0179. The number of rotatable bonds is 5. The fourth-order valence-corrected chi connectivity index (χ4v) is 10.2. The first-order valence-electron chi connectivity index (χ1n) is 14.6. The molecule has 45 heavy (non-hydrogen) atoms. The minimum Gasteiger partial charge on any atom is -0.390 e. The van der Waals surface area contributed by atoms with Crippen molar-refractivity contribution in [2.45, 2.75) is 75.4 Å². The lowest BCUT2D eigenvalue weighted by Crippen LogP contribution is -2.69. The molecule has 14 heteroatoms. The molecule has 8 atom stereocenters. The molecule has 3 N–H and O–H groups in total. The summed E-state index contributed by atoms with van der Waals surface area (Å²) in [5.41, 5.74) is -6.62. The Bertz CT molecular complexity index is 1490. The van der Waals surface area contributed by atoms with Crippen molar-refractivity contribution in [2.75, 3.05) is 12.3 Å². The Morgan fingerprint density at radius 3 is 2.49 bits per heavy atom. The van der Waals surface area contributed by atoms with E-state index in [0.717, 1.165) is 5.56 Å². The van der Waals surface area contributed by atoms with Crippen LogP contribution in [0.2, 0.25) is 5.02 Å². The molecule has 1 aliphatic heterocycles. The van der Waals surface area contributed by atoms with Gasteiger partial charge in [0.25, 0.3) is 5.79 Å². The first-order chi connectivity index (χ1) is 20.8. The maximum atomic E-state index is 17.6. The molecule has 5 aliphatic rings. The Balaban J connectivity index is 1.40. The molecule has 1 saturated heterocycles. The number of hydroxylamine groups is 2. The number of halogens is 6. The number of allylic oxidation sites excluding steroid dienone is 4. The fraction of sp³-hybridized carbons (Fsp3) is 0.613. The van der Waals surface area contributed by atoms with Gasteiger partial charge in [0, 0.05) is 53.6 Å². The van der Waals surface area contributed by atoms with E-state index >= 15 is 8.78 Å². The van der Waals surface area contributed by atoms with E-state index in [1.165, 1.54) is 24.1 Å². The monoisotopic (exact) mass is 677 g/mol. The number of aliphatic hydroxyl groups excluding tert-OH is 1. The maximum absolute atomic E-state index is 17.6. The summed E-state index contributed by atoms with van der Waals surface area (Å²) in [5, 5.41) is 32.1. The van der Waals surface area contributed by atoms with E-state index in [0.29, 0.717) is 5.02 Å². The lowest BCUT2D eigenvalue weighted by molar-refractivity contribution is -0.336. The van der Waals surface area contributed by atoms with Crippen LogP contribution in [0.5, 0.6) is 0 Å². The summed E-state index contributed by atoms with van der Waals surface area (Å²) < 4.78 is 73.3. The summed E-state index contributed by atoms with van der Waals surface area (Å²) in [6, 6.07) is 6.80. The van der Waals surface area contributed by atoms with E-state index in [9.17, 15) is 38.1 Å². The number of thioether (sulfide) groups is 1. The van der Waals surface area contributed by atoms with E-state index in [1.54, 1.807) is 31.2 Å². The van der Waals surface area contributed by atoms with Crippen molar-refractivity contribution in [2.24, 2.45) is 28.6 Å². The highest BCUT2D eigenvalue weighted by atomic mass is 35.5. The second-order valence-corrected chi connectivity index (χ2v) is 14.9. The van der Waals surface area contributed by atoms with E-state index < -0.39 is 81.0 Å². The lowest BCUT2D eigenvalue weighted by Gasteiger charge is -2.62. The van der Waals surface area contributed by atoms with Crippen LogP contribution >= 0.6 is 23.4 Å². The largest absolute Gasteiger partial charge is 0.443 e.